The number of hydrogen-bond donors (Lipinski definition) is 3. The predicted molar refractivity (Wildman–Crippen MR) is 138 cm³/mol. The van der Waals surface area contributed by atoms with E-state index in [1.165, 1.54) is 13.3 Å². The van der Waals surface area contributed by atoms with Crippen molar-refractivity contribution >= 4 is 29.7 Å². The molecule has 0 amide bonds. The van der Waals surface area contributed by atoms with Gasteiger partial charge in [-0.3, -0.25) is 4.99 Å². The van der Waals surface area contributed by atoms with E-state index in [0.29, 0.717) is 52.7 Å². The van der Waals surface area contributed by atoms with E-state index in [-0.39, 0.29) is 18.2 Å². The number of benzene rings is 1. The average Bonchev–Trinajstić information content (AvgIpc) is 3.41. The van der Waals surface area contributed by atoms with Crippen molar-refractivity contribution in [3.8, 4) is 23.1 Å². The number of carbonyl (C=O) groups is 1. The number of hydrazone groups is 1. The van der Waals surface area contributed by atoms with Crippen molar-refractivity contribution in [3.63, 3.8) is 0 Å². The SMILES string of the molecule is COc1c(C#N)cccc1-c1cc(/C(C=NCc2cccc(N3CCC[C@@H]3C(=O)O)n2)=N/N)nc(N)n1. The molecule has 37 heavy (non-hydrogen) atoms. The summed E-state index contributed by atoms with van der Waals surface area (Å²) >= 11 is 0. The molecule has 5 N–H and O–H groups in total. The second kappa shape index (κ2) is 11.1. The van der Waals surface area contributed by atoms with Gasteiger partial charge in [0.25, 0.3) is 0 Å². The molecule has 4 rings (SSSR count). The summed E-state index contributed by atoms with van der Waals surface area (Å²) in [5.41, 5.74) is 8.55. The molecule has 0 saturated carbocycles. The Balaban J connectivity index is 1.56. The van der Waals surface area contributed by atoms with Gasteiger partial charge in [-0.1, -0.05) is 12.1 Å². The summed E-state index contributed by atoms with van der Waals surface area (Å²) < 4.78 is 5.42. The van der Waals surface area contributed by atoms with E-state index >= 15 is 0 Å². The monoisotopic (exact) mass is 499 g/mol. The number of nitriles is 1. The molecule has 0 spiro atoms. The van der Waals surface area contributed by atoms with Gasteiger partial charge in [-0.2, -0.15) is 10.4 Å². The van der Waals surface area contributed by atoms with Crippen LogP contribution in [0, 0.1) is 11.3 Å². The van der Waals surface area contributed by atoms with E-state index in [1.54, 1.807) is 41.3 Å². The molecule has 0 unspecified atom stereocenters. The van der Waals surface area contributed by atoms with Crippen molar-refractivity contribution in [1.82, 2.24) is 15.0 Å². The lowest BCUT2D eigenvalue weighted by Crippen LogP contribution is -2.36. The van der Waals surface area contributed by atoms with Crippen LogP contribution in [0.5, 0.6) is 5.75 Å². The minimum Gasteiger partial charge on any atom is -0.495 e. The van der Waals surface area contributed by atoms with E-state index in [2.05, 4.69) is 31.1 Å². The van der Waals surface area contributed by atoms with Gasteiger partial charge in [0.05, 0.1) is 42.5 Å². The Morgan fingerprint density at radius 1 is 1.30 bits per heavy atom. The van der Waals surface area contributed by atoms with Gasteiger partial charge in [-0.05, 0) is 43.2 Å². The number of aliphatic imine (C=N–C) groups is 1. The second-order valence-corrected chi connectivity index (χ2v) is 8.16. The van der Waals surface area contributed by atoms with Crippen LogP contribution in [0.15, 0.2) is 52.6 Å². The van der Waals surface area contributed by atoms with Gasteiger partial charge in [-0.15, -0.1) is 0 Å². The zero-order chi connectivity index (χ0) is 26.4. The van der Waals surface area contributed by atoms with Crippen molar-refractivity contribution in [2.75, 3.05) is 24.3 Å². The molecule has 1 aromatic carbocycles. The van der Waals surface area contributed by atoms with E-state index in [9.17, 15) is 15.2 Å². The molecule has 3 aromatic rings. The third kappa shape index (κ3) is 5.46. The van der Waals surface area contributed by atoms with E-state index in [4.69, 9.17) is 16.3 Å². The third-order valence-corrected chi connectivity index (χ3v) is 5.85. The van der Waals surface area contributed by atoms with Crippen LogP contribution < -0.4 is 21.2 Å². The molecule has 0 bridgehead atoms. The van der Waals surface area contributed by atoms with Crippen LogP contribution in [0.2, 0.25) is 0 Å². The van der Waals surface area contributed by atoms with Gasteiger partial charge < -0.3 is 26.3 Å². The van der Waals surface area contributed by atoms with E-state index in [1.807, 2.05) is 6.07 Å². The number of aliphatic carboxylic acids is 1. The highest BCUT2D eigenvalue weighted by Gasteiger charge is 2.31. The quantitative estimate of drug-likeness (QED) is 0.235. The maximum absolute atomic E-state index is 11.5. The smallest absolute Gasteiger partial charge is 0.326 e. The molecule has 12 nitrogen and oxygen atoms in total. The summed E-state index contributed by atoms with van der Waals surface area (Å²) in [4.78, 5) is 30.8. The van der Waals surface area contributed by atoms with E-state index < -0.39 is 12.0 Å². The number of nitrogens with zero attached hydrogens (tertiary/aromatic N) is 7. The van der Waals surface area contributed by atoms with Crippen molar-refractivity contribution < 1.29 is 14.6 Å². The zero-order valence-corrected chi connectivity index (χ0v) is 20.1. The Labute approximate surface area is 213 Å². The van der Waals surface area contributed by atoms with Gasteiger partial charge in [-0.25, -0.2) is 19.7 Å². The van der Waals surface area contributed by atoms with Gasteiger partial charge in [0.15, 0.2) is 0 Å². The molecule has 1 fully saturated rings. The first-order chi connectivity index (χ1) is 17.9. The summed E-state index contributed by atoms with van der Waals surface area (Å²) in [6.07, 6.45) is 2.85. The van der Waals surface area contributed by atoms with Crippen LogP contribution >= 0.6 is 0 Å². The Morgan fingerprint density at radius 3 is 2.84 bits per heavy atom. The second-order valence-electron chi connectivity index (χ2n) is 8.16. The number of methoxy groups -OCH3 is 1. The van der Waals surface area contributed by atoms with Gasteiger partial charge in [0, 0.05) is 12.1 Å². The number of nitrogens with two attached hydrogens (primary N) is 2. The van der Waals surface area contributed by atoms with Gasteiger partial charge >= 0.3 is 5.97 Å². The molecule has 12 heteroatoms. The Bertz CT molecular complexity index is 1410. The molecule has 1 atom stereocenters. The number of carboxylic acids is 1. The van der Waals surface area contributed by atoms with Crippen LogP contribution in [0.25, 0.3) is 11.3 Å². The standard InChI is InChI=1S/C25H25N9O3/c1-37-23-15(12-26)5-2-7-17(23)18-11-19(32-25(27)31-18)20(33-28)14-29-13-16-6-3-9-22(30-16)34-10-4-8-21(34)24(35)36/h2-3,5-7,9,11,14,21H,4,8,10,13,28H2,1H3,(H,35,36)(H2,27,31,32)/b29-14?,33-20+/t21-/m1/s1. The molecule has 188 valence electrons. The van der Waals surface area contributed by atoms with Crippen molar-refractivity contribution in [3.05, 3.63) is 59.4 Å². The van der Waals surface area contributed by atoms with E-state index in [0.717, 1.165) is 6.42 Å². The maximum atomic E-state index is 11.5. The first-order valence-electron chi connectivity index (χ1n) is 11.4. The highest BCUT2D eigenvalue weighted by molar-refractivity contribution is 6.37. The lowest BCUT2D eigenvalue weighted by Gasteiger charge is -2.22. The first kappa shape index (κ1) is 25.1. The molecular formula is C25H25N9O3. The summed E-state index contributed by atoms with van der Waals surface area (Å²) in [5.74, 6) is 5.72. The molecule has 1 aliphatic heterocycles. The highest BCUT2D eigenvalue weighted by atomic mass is 16.5. The molecule has 0 aliphatic carbocycles. The van der Waals surface area contributed by atoms with Crippen LogP contribution in [-0.2, 0) is 11.3 Å². The number of aromatic nitrogens is 3. The molecule has 2 aromatic heterocycles. The number of anilines is 2. The van der Waals surface area contributed by atoms with Gasteiger partial charge in [0.1, 0.15) is 29.4 Å². The van der Waals surface area contributed by atoms with Crippen LogP contribution in [0.1, 0.15) is 29.8 Å². The molecule has 0 radical (unpaired) electrons. The molecule has 1 saturated heterocycles. The summed E-state index contributed by atoms with van der Waals surface area (Å²) in [6.45, 7) is 0.851. The van der Waals surface area contributed by atoms with Crippen LogP contribution in [0.4, 0.5) is 11.8 Å². The zero-order valence-electron chi connectivity index (χ0n) is 20.1. The summed E-state index contributed by atoms with van der Waals surface area (Å²) in [6, 6.07) is 13.7. The Hall–Kier alpha value is -5.05. The number of nitrogen functional groups attached to an aromatic ring is 1. The largest absolute Gasteiger partial charge is 0.495 e. The molecular weight excluding hydrogens is 474 g/mol. The molecule has 3 heterocycles. The first-order valence-corrected chi connectivity index (χ1v) is 11.4. The highest BCUT2D eigenvalue weighted by Crippen LogP contribution is 2.32. The normalized spacial score (nSPS) is 15.6. The summed E-state index contributed by atoms with van der Waals surface area (Å²) in [7, 11) is 1.47. The number of ether oxygens (including phenoxy) is 1. The minimum atomic E-state index is -0.855. The Morgan fingerprint density at radius 2 is 2.11 bits per heavy atom. The van der Waals surface area contributed by atoms with Crippen molar-refractivity contribution in [2.24, 2.45) is 15.9 Å². The van der Waals surface area contributed by atoms with Crippen molar-refractivity contribution in [1.29, 1.82) is 5.26 Å². The number of hydrogen-bond acceptors (Lipinski definition) is 11. The fraction of sp³-hybridized carbons (Fsp3) is 0.240. The fourth-order valence-electron chi connectivity index (χ4n) is 4.19. The lowest BCUT2D eigenvalue weighted by atomic mass is 10.1. The van der Waals surface area contributed by atoms with Gasteiger partial charge in [0.2, 0.25) is 5.95 Å². The minimum absolute atomic E-state index is 0.0144. The third-order valence-electron chi connectivity index (χ3n) is 5.85. The van der Waals surface area contributed by atoms with Crippen molar-refractivity contribution in [2.45, 2.75) is 25.4 Å². The number of pyridine rings is 1. The fourth-order valence-corrected chi connectivity index (χ4v) is 4.19. The topological polar surface area (TPSA) is 189 Å². The number of para-hydroxylation sites is 1. The van der Waals surface area contributed by atoms with Crippen LogP contribution in [-0.4, -0.2) is 57.7 Å². The Kier molecular flexibility index (Phi) is 7.53. The average molecular weight is 500 g/mol. The lowest BCUT2D eigenvalue weighted by molar-refractivity contribution is -0.138. The summed E-state index contributed by atoms with van der Waals surface area (Å²) in [5, 5.41) is 22.6. The maximum Gasteiger partial charge on any atom is 0.326 e. The number of rotatable bonds is 8. The number of carboxylic acid groups (broad SMARTS) is 1. The van der Waals surface area contributed by atoms with Crippen LogP contribution in [0.3, 0.4) is 0 Å². The molecule has 1 aliphatic rings. The predicted octanol–water partition coefficient (Wildman–Crippen LogP) is 1.99.